The molecule has 0 aliphatic heterocycles. The molecule has 0 aliphatic rings. The van der Waals surface area contributed by atoms with Crippen LogP contribution in [0.5, 0.6) is 5.75 Å². The number of aromatic hydroxyl groups is 1. The highest BCUT2D eigenvalue weighted by Gasteiger charge is 2.13. The fraction of sp³-hybridized carbons (Fsp3) is 0.167. The summed E-state index contributed by atoms with van der Waals surface area (Å²) >= 11 is 0. The minimum Gasteiger partial charge on any atom is -0.508 e. The summed E-state index contributed by atoms with van der Waals surface area (Å²) in [5.74, 6) is -0.866. The lowest BCUT2D eigenvalue weighted by atomic mass is 10.1. The zero-order chi connectivity index (χ0) is 12.6. The van der Waals surface area contributed by atoms with E-state index < -0.39 is 5.97 Å². The number of rotatable bonds is 2. The number of carboxylic acids is 1. The van der Waals surface area contributed by atoms with Gasteiger partial charge in [0.15, 0.2) is 5.69 Å². The maximum Gasteiger partial charge on any atom is 0.356 e. The molecular weight excluding hydrogens is 220 g/mol. The van der Waals surface area contributed by atoms with Crippen molar-refractivity contribution in [3.8, 4) is 17.0 Å². The summed E-state index contributed by atoms with van der Waals surface area (Å²) in [4.78, 5) is 10.8. The lowest BCUT2D eigenvalue weighted by Crippen LogP contribution is -1.99. The summed E-state index contributed by atoms with van der Waals surface area (Å²) in [5, 5.41) is 22.1. The van der Waals surface area contributed by atoms with E-state index in [1.165, 1.54) is 10.7 Å². The molecule has 2 aromatic rings. The van der Waals surface area contributed by atoms with Crippen LogP contribution in [0.2, 0.25) is 0 Å². The molecule has 0 bridgehead atoms. The van der Waals surface area contributed by atoms with Gasteiger partial charge >= 0.3 is 5.97 Å². The highest BCUT2D eigenvalue weighted by atomic mass is 16.4. The van der Waals surface area contributed by atoms with Gasteiger partial charge in [-0.2, -0.15) is 5.10 Å². The second-order valence-corrected chi connectivity index (χ2v) is 3.84. The maximum absolute atomic E-state index is 10.8. The third-order valence-corrected chi connectivity index (χ3v) is 2.58. The van der Waals surface area contributed by atoms with Crippen LogP contribution < -0.4 is 0 Å². The molecule has 0 atom stereocenters. The first kappa shape index (κ1) is 11.2. The average molecular weight is 232 g/mol. The van der Waals surface area contributed by atoms with Crippen LogP contribution in [0.1, 0.15) is 16.1 Å². The minimum atomic E-state index is -1.05. The molecule has 88 valence electrons. The van der Waals surface area contributed by atoms with E-state index in [1.54, 1.807) is 25.2 Å². The largest absolute Gasteiger partial charge is 0.508 e. The lowest BCUT2D eigenvalue weighted by Gasteiger charge is -2.06. The molecule has 1 heterocycles. The number of hydrogen-bond acceptors (Lipinski definition) is 3. The van der Waals surface area contributed by atoms with E-state index in [0.717, 1.165) is 11.1 Å². The van der Waals surface area contributed by atoms with Gasteiger partial charge in [0, 0.05) is 12.6 Å². The SMILES string of the molecule is Cc1cc(O)ccc1-c1cc(C(=O)O)nn1C. The van der Waals surface area contributed by atoms with Gasteiger partial charge < -0.3 is 10.2 Å². The van der Waals surface area contributed by atoms with Crippen molar-refractivity contribution < 1.29 is 15.0 Å². The van der Waals surface area contributed by atoms with Crippen molar-refractivity contribution in [1.82, 2.24) is 9.78 Å². The first-order valence-electron chi connectivity index (χ1n) is 5.06. The standard InChI is InChI=1S/C12H12N2O3/c1-7-5-8(15)3-4-9(7)11-6-10(12(16)17)13-14(11)2/h3-6,15H,1-2H3,(H,16,17). The van der Waals surface area contributed by atoms with Gasteiger partial charge in [-0.25, -0.2) is 4.79 Å². The van der Waals surface area contributed by atoms with Crippen LogP contribution in [0.15, 0.2) is 24.3 Å². The molecule has 1 aromatic heterocycles. The van der Waals surface area contributed by atoms with Crippen LogP contribution in [-0.2, 0) is 7.05 Å². The Balaban J connectivity index is 2.56. The molecule has 0 amide bonds. The minimum absolute atomic E-state index is 0.00924. The van der Waals surface area contributed by atoms with Crippen molar-refractivity contribution in [3.05, 3.63) is 35.5 Å². The molecule has 0 radical (unpaired) electrons. The Morgan fingerprint density at radius 1 is 1.35 bits per heavy atom. The van der Waals surface area contributed by atoms with Gasteiger partial charge in [0.05, 0.1) is 5.69 Å². The van der Waals surface area contributed by atoms with Crippen LogP contribution in [0.25, 0.3) is 11.3 Å². The Labute approximate surface area is 97.9 Å². The molecule has 0 unspecified atom stereocenters. The highest BCUT2D eigenvalue weighted by molar-refractivity contribution is 5.87. The van der Waals surface area contributed by atoms with Crippen LogP contribution in [-0.4, -0.2) is 26.0 Å². The summed E-state index contributed by atoms with van der Waals surface area (Å²) in [6.45, 7) is 1.85. The zero-order valence-electron chi connectivity index (χ0n) is 9.51. The lowest BCUT2D eigenvalue weighted by molar-refractivity contribution is 0.0689. The first-order chi connectivity index (χ1) is 7.99. The van der Waals surface area contributed by atoms with E-state index in [-0.39, 0.29) is 11.4 Å². The van der Waals surface area contributed by atoms with E-state index >= 15 is 0 Å². The van der Waals surface area contributed by atoms with Gasteiger partial charge in [-0.1, -0.05) is 0 Å². The van der Waals surface area contributed by atoms with E-state index in [4.69, 9.17) is 5.11 Å². The molecule has 0 saturated carbocycles. The van der Waals surface area contributed by atoms with Gasteiger partial charge in [0.2, 0.25) is 0 Å². The zero-order valence-corrected chi connectivity index (χ0v) is 9.51. The molecular formula is C12H12N2O3. The number of nitrogens with zero attached hydrogens (tertiary/aromatic N) is 2. The number of carboxylic acid groups (broad SMARTS) is 1. The monoisotopic (exact) mass is 232 g/mol. The molecule has 0 fully saturated rings. The van der Waals surface area contributed by atoms with E-state index in [1.807, 2.05) is 6.92 Å². The summed E-state index contributed by atoms with van der Waals surface area (Å²) in [6.07, 6.45) is 0. The van der Waals surface area contributed by atoms with E-state index in [0.29, 0.717) is 5.69 Å². The number of phenols is 1. The van der Waals surface area contributed by atoms with Crippen LogP contribution in [0.3, 0.4) is 0 Å². The van der Waals surface area contributed by atoms with Gasteiger partial charge in [-0.05, 0) is 36.8 Å². The summed E-state index contributed by atoms with van der Waals surface area (Å²) in [5.41, 5.74) is 2.44. The van der Waals surface area contributed by atoms with E-state index in [2.05, 4.69) is 5.10 Å². The Bertz CT molecular complexity index is 587. The normalized spacial score (nSPS) is 10.5. The number of aryl methyl sites for hydroxylation is 2. The Hall–Kier alpha value is -2.30. The maximum atomic E-state index is 10.8. The fourth-order valence-corrected chi connectivity index (χ4v) is 1.76. The van der Waals surface area contributed by atoms with Gasteiger partial charge in [0.1, 0.15) is 5.75 Å². The summed E-state index contributed by atoms with van der Waals surface area (Å²) in [7, 11) is 1.69. The molecule has 17 heavy (non-hydrogen) atoms. The predicted molar refractivity (Wildman–Crippen MR) is 62.0 cm³/mol. The van der Waals surface area contributed by atoms with Crippen molar-refractivity contribution in [2.75, 3.05) is 0 Å². The number of benzene rings is 1. The predicted octanol–water partition coefficient (Wildman–Crippen LogP) is 1.80. The first-order valence-corrected chi connectivity index (χ1v) is 5.06. The van der Waals surface area contributed by atoms with Gasteiger partial charge in [0.25, 0.3) is 0 Å². The van der Waals surface area contributed by atoms with Crippen LogP contribution in [0.4, 0.5) is 0 Å². The summed E-state index contributed by atoms with van der Waals surface area (Å²) in [6, 6.07) is 6.45. The van der Waals surface area contributed by atoms with Crippen LogP contribution in [0, 0.1) is 6.92 Å². The molecule has 5 heteroatoms. The second kappa shape index (κ2) is 3.93. The average Bonchev–Trinajstić information content (AvgIpc) is 2.61. The number of aromatic carboxylic acids is 1. The third kappa shape index (κ3) is 1.99. The fourth-order valence-electron chi connectivity index (χ4n) is 1.76. The van der Waals surface area contributed by atoms with Crippen molar-refractivity contribution in [3.63, 3.8) is 0 Å². The van der Waals surface area contributed by atoms with Crippen molar-refractivity contribution in [2.24, 2.45) is 7.05 Å². The molecule has 2 N–H and O–H groups in total. The number of phenolic OH excluding ortho intramolecular Hbond substituents is 1. The van der Waals surface area contributed by atoms with Crippen molar-refractivity contribution in [1.29, 1.82) is 0 Å². The molecule has 0 spiro atoms. The summed E-state index contributed by atoms with van der Waals surface area (Å²) < 4.78 is 1.52. The second-order valence-electron chi connectivity index (χ2n) is 3.84. The molecule has 5 nitrogen and oxygen atoms in total. The number of hydrogen-bond donors (Lipinski definition) is 2. The van der Waals surface area contributed by atoms with Crippen molar-refractivity contribution >= 4 is 5.97 Å². The Kier molecular flexibility index (Phi) is 2.59. The number of aromatic nitrogens is 2. The van der Waals surface area contributed by atoms with Crippen molar-refractivity contribution in [2.45, 2.75) is 6.92 Å². The topological polar surface area (TPSA) is 75.3 Å². The van der Waals surface area contributed by atoms with Crippen LogP contribution >= 0.6 is 0 Å². The smallest absolute Gasteiger partial charge is 0.356 e. The number of carbonyl (C=O) groups is 1. The highest BCUT2D eigenvalue weighted by Crippen LogP contribution is 2.26. The van der Waals surface area contributed by atoms with E-state index in [9.17, 15) is 9.90 Å². The Morgan fingerprint density at radius 2 is 2.06 bits per heavy atom. The molecule has 2 rings (SSSR count). The van der Waals surface area contributed by atoms with Gasteiger partial charge in [-0.3, -0.25) is 4.68 Å². The Morgan fingerprint density at radius 3 is 2.59 bits per heavy atom. The molecule has 1 aromatic carbocycles. The molecule has 0 aliphatic carbocycles. The quantitative estimate of drug-likeness (QED) is 0.827. The van der Waals surface area contributed by atoms with Gasteiger partial charge in [-0.15, -0.1) is 0 Å². The third-order valence-electron chi connectivity index (χ3n) is 2.58. The molecule has 0 saturated heterocycles.